The van der Waals surface area contributed by atoms with Crippen LogP contribution in [0.5, 0.6) is 17.2 Å². The Morgan fingerprint density at radius 1 is 0.913 bits per heavy atom. The normalized spacial score (nSPS) is 13.1. The standard InChI is InChI=1S/C16H13ClO6/c1-6-5-7(20-2)9-10-8(6)13(21-3)12(17)14(22-4)11(10)16(19)23-15(9)18/h5H,1-4H3. The van der Waals surface area contributed by atoms with E-state index in [0.29, 0.717) is 22.3 Å². The van der Waals surface area contributed by atoms with Gasteiger partial charge in [-0.3, -0.25) is 0 Å². The maximum absolute atomic E-state index is 12.3. The van der Waals surface area contributed by atoms with Gasteiger partial charge >= 0.3 is 11.9 Å². The minimum Gasteiger partial charge on any atom is -0.496 e. The molecule has 3 rings (SSSR count). The number of esters is 2. The van der Waals surface area contributed by atoms with Gasteiger partial charge in [0, 0.05) is 10.8 Å². The van der Waals surface area contributed by atoms with Crippen LogP contribution in [0, 0.1) is 6.92 Å². The van der Waals surface area contributed by atoms with Crippen LogP contribution in [0.4, 0.5) is 0 Å². The van der Waals surface area contributed by atoms with E-state index in [2.05, 4.69) is 0 Å². The molecule has 6 nitrogen and oxygen atoms in total. The molecule has 1 aliphatic rings. The molecule has 0 N–H and O–H groups in total. The van der Waals surface area contributed by atoms with E-state index < -0.39 is 11.9 Å². The van der Waals surface area contributed by atoms with E-state index in [9.17, 15) is 9.59 Å². The van der Waals surface area contributed by atoms with Crippen LogP contribution in [-0.4, -0.2) is 33.3 Å². The van der Waals surface area contributed by atoms with Crippen LogP contribution < -0.4 is 14.2 Å². The second-order valence-electron chi connectivity index (χ2n) is 4.95. The van der Waals surface area contributed by atoms with E-state index in [1.165, 1.54) is 21.3 Å². The van der Waals surface area contributed by atoms with Gasteiger partial charge in [0.1, 0.15) is 27.6 Å². The van der Waals surface area contributed by atoms with Gasteiger partial charge in [-0.05, 0) is 18.6 Å². The zero-order valence-electron chi connectivity index (χ0n) is 12.9. The van der Waals surface area contributed by atoms with Crippen LogP contribution in [0.1, 0.15) is 26.3 Å². The summed E-state index contributed by atoms with van der Waals surface area (Å²) in [6.45, 7) is 1.81. The van der Waals surface area contributed by atoms with Crippen LogP contribution in [0.3, 0.4) is 0 Å². The molecule has 1 heterocycles. The Balaban J connectivity index is 2.68. The van der Waals surface area contributed by atoms with Gasteiger partial charge in [0.2, 0.25) is 0 Å². The number of rotatable bonds is 3. The Morgan fingerprint density at radius 2 is 1.52 bits per heavy atom. The summed E-state index contributed by atoms with van der Waals surface area (Å²) in [6, 6.07) is 1.67. The number of aryl methyl sites for hydroxylation is 1. The number of halogens is 1. The lowest BCUT2D eigenvalue weighted by atomic mass is 9.92. The lowest BCUT2D eigenvalue weighted by Gasteiger charge is -2.23. The number of hydrogen-bond acceptors (Lipinski definition) is 6. The average Bonchev–Trinajstić information content (AvgIpc) is 2.52. The number of hydrogen-bond donors (Lipinski definition) is 0. The number of cyclic esters (lactones) is 2. The first-order valence-corrected chi connectivity index (χ1v) is 7.05. The SMILES string of the molecule is COc1cc(C)c2c(OC)c(Cl)c(OC)c3c2c1C(=O)OC3=O. The quantitative estimate of drug-likeness (QED) is 0.633. The summed E-state index contributed by atoms with van der Waals surface area (Å²) in [5.74, 6) is -0.869. The molecule has 2 aromatic carbocycles. The van der Waals surface area contributed by atoms with Gasteiger partial charge in [-0.1, -0.05) is 11.6 Å². The first-order valence-electron chi connectivity index (χ1n) is 6.67. The zero-order valence-corrected chi connectivity index (χ0v) is 13.7. The maximum atomic E-state index is 12.3. The van der Waals surface area contributed by atoms with Gasteiger partial charge in [0.05, 0.1) is 21.3 Å². The molecular weight excluding hydrogens is 324 g/mol. The van der Waals surface area contributed by atoms with Crippen molar-refractivity contribution in [3.63, 3.8) is 0 Å². The third-order valence-corrected chi connectivity index (χ3v) is 4.16. The Morgan fingerprint density at radius 3 is 2.09 bits per heavy atom. The third-order valence-electron chi connectivity index (χ3n) is 3.81. The summed E-state index contributed by atoms with van der Waals surface area (Å²) in [4.78, 5) is 24.5. The monoisotopic (exact) mass is 336 g/mol. The molecule has 0 saturated carbocycles. The van der Waals surface area contributed by atoms with Gasteiger partial charge in [0.25, 0.3) is 0 Å². The highest BCUT2D eigenvalue weighted by Crippen LogP contribution is 2.50. The van der Waals surface area contributed by atoms with Crippen molar-refractivity contribution < 1.29 is 28.5 Å². The predicted octanol–water partition coefficient (Wildman–Crippen LogP) is 3.14. The molecule has 0 fully saturated rings. The van der Waals surface area contributed by atoms with Crippen LogP contribution in [-0.2, 0) is 4.74 Å². The van der Waals surface area contributed by atoms with E-state index in [0.717, 1.165) is 5.56 Å². The van der Waals surface area contributed by atoms with Gasteiger partial charge in [-0.15, -0.1) is 0 Å². The molecule has 0 radical (unpaired) electrons. The highest BCUT2D eigenvalue weighted by atomic mass is 35.5. The predicted molar refractivity (Wildman–Crippen MR) is 83.1 cm³/mol. The second-order valence-corrected chi connectivity index (χ2v) is 5.33. The molecule has 0 spiro atoms. The van der Waals surface area contributed by atoms with E-state index in [1.807, 2.05) is 0 Å². The van der Waals surface area contributed by atoms with E-state index in [1.54, 1.807) is 13.0 Å². The molecule has 0 unspecified atom stereocenters. The molecule has 0 saturated heterocycles. The van der Waals surface area contributed by atoms with Gasteiger partial charge in [-0.25, -0.2) is 9.59 Å². The number of carbonyl (C=O) groups is 2. The molecule has 0 bridgehead atoms. The van der Waals surface area contributed by atoms with Crippen molar-refractivity contribution >= 4 is 34.3 Å². The van der Waals surface area contributed by atoms with Gasteiger partial charge < -0.3 is 18.9 Å². The first-order chi connectivity index (χ1) is 11.0. The number of ether oxygens (including phenoxy) is 4. The fourth-order valence-corrected chi connectivity index (χ4v) is 3.24. The molecular formula is C16H13ClO6. The fourth-order valence-electron chi connectivity index (χ4n) is 2.89. The minimum atomic E-state index is -0.818. The molecule has 1 aliphatic heterocycles. The van der Waals surface area contributed by atoms with Crippen molar-refractivity contribution in [2.24, 2.45) is 0 Å². The molecule has 0 aliphatic carbocycles. The summed E-state index contributed by atoms with van der Waals surface area (Å²) in [6.07, 6.45) is 0. The highest BCUT2D eigenvalue weighted by molar-refractivity contribution is 6.37. The molecule has 0 aromatic heterocycles. The lowest BCUT2D eigenvalue weighted by molar-refractivity contribution is 0.0387. The molecule has 23 heavy (non-hydrogen) atoms. The van der Waals surface area contributed by atoms with Crippen molar-refractivity contribution in [3.05, 3.63) is 27.8 Å². The molecule has 0 atom stereocenters. The summed E-state index contributed by atoms with van der Waals surface area (Å²) >= 11 is 6.32. The minimum absolute atomic E-state index is 0.0879. The fraction of sp³-hybridized carbons (Fsp3) is 0.250. The number of carbonyl (C=O) groups excluding carboxylic acids is 2. The first kappa shape index (κ1) is 15.4. The van der Waals surface area contributed by atoms with E-state index in [-0.39, 0.29) is 21.9 Å². The van der Waals surface area contributed by atoms with Gasteiger partial charge in [-0.2, -0.15) is 0 Å². The van der Waals surface area contributed by atoms with Crippen LogP contribution in [0.25, 0.3) is 10.8 Å². The van der Waals surface area contributed by atoms with Crippen molar-refractivity contribution in [2.75, 3.05) is 21.3 Å². The third kappa shape index (κ3) is 1.95. The summed E-state index contributed by atoms with van der Waals surface area (Å²) in [7, 11) is 4.26. The maximum Gasteiger partial charge on any atom is 0.350 e. The zero-order chi connectivity index (χ0) is 16.9. The molecule has 2 aromatic rings. The van der Waals surface area contributed by atoms with E-state index in [4.69, 9.17) is 30.5 Å². The Kier molecular flexibility index (Phi) is 3.56. The largest absolute Gasteiger partial charge is 0.496 e. The summed E-state index contributed by atoms with van der Waals surface area (Å²) in [5.41, 5.74) is 0.978. The molecule has 0 amide bonds. The Bertz CT molecular complexity index is 871. The smallest absolute Gasteiger partial charge is 0.350 e. The number of methoxy groups -OCH3 is 3. The van der Waals surface area contributed by atoms with Crippen molar-refractivity contribution in [3.8, 4) is 17.2 Å². The van der Waals surface area contributed by atoms with Crippen molar-refractivity contribution in [1.29, 1.82) is 0 Å². The Labute approximate surface area is 136 Å². The summed E-state index contributed by atoms with van der Waals surface area (Å²) < 4.78 is 20.7. The Hall–Kier alpha value is -2.47. The second kappa shape index (κ2) is 5.31. The summed E-state index contributed by atoms with van der Waals surface area (Å²) in [5, 5.41) is 1.05. The molecule has 120 valence electrons. The molecule has 7 heteroatoms. The average molecular weight is 337 g/mol. The van der Waals surface area contributed by atoms with Crippen molar-refractivity contribution in [1.82, 2.24) is 0 Å². The topological polar surface area (TPSA) is 71.1 Å². The van der Waals surface area contributed by atoms with Crippen LogP contribution in [0.2, 0.25) is 5.02 Å². The van der Waals surface area contributed by atoms with Gasteiger partial charge in [0.15, 0.2) is 5.75 Å². The van der Waals surface area contributed by atoms with Crippen molar-refractivity contribution in [2.45, 2.75) is 6.92 Å². The van der Waals surface area contributed by atoms with E-state index >= 15 is 0 Å². The van der Waals surface area contributed by atoms with Crippen LogP contribution in [0.15, 0.2) is 6.07 Å². The lowest BCUT2D eigenvalue weighted by Crippen LogP contribution is -2.22. The van der Waals surface area contributed by atoms with Crippen LogP contribution >= 0.6 is 11.6 Å². The number of benzene rings is 2. The highest BCUT2D eigenvalue weighted by Gasteiger charge is 2.37.